The average Bonchev–Trinajstić information content (AvgIpc) is 2.33. The van der Waals surface area contributed by atoms with Crippen LogP contribution in [0.15, 0.2) is 17.0 Å². The van der Waals surface area contributed by atoms with Gasteiger partial charge >= 0.3 is 0 Å². The second kappa shape index (κ2) is 5.39. The Morgan fingerprint density at radius 1 is 1.71 bits per heavy atom. The molecule has 3 nitrogen and oxygen atoms in total. The summed E-state index contributed by atoms with van der Waals surface area (Å²) in [7, 11) is 1.69. The summed E-state index contributed by atoms with van der Waals surface area (Å²) < 4.78 is 9.02. The van der Waals surface area contributed by atoms with Gasteiger partial charge in [-0.25, -0.2) is 0 Å². The first kappa shape index (κ1) is 12.4. The van der Waals surface area contributed by atoms with Crippen molar-refractivity contribution >= 4 is 10.9 Å². The van der Waals surface area contributed by atoms with E-state index in [0.717, 1.165) is 5.52 Å². The predicted molar refractivity (Wildman–Crippen MR) is 46.2 cm³/mol. The molecule has 2 heterocycles. The summed E-state index contributed by atoms with van der Waals surface area (Å²) in [6, 6.07) is 1.63. The first-order valence-corrected chi connectivity index (χ1v) is 3.62. The van der Waals surface area contributed by atoms with Crippen LogP contribution in [0.3, 0.4) is 0 Å². The zero-order chi connectivity index (χ0) is 9.59. The molecule has 2 rings (SSSR count). The van der Waals surface area contributed by atoms with Crippen molar-refractivity contribution in [3.8, 4) is 0 Å². The second-order valence-electron chi connectivity index (χ2n) is 2.73. The summed E-state index contributed by atoms with van der Waals surface area (Å²) in [5.74, 6) is 0. The third-order valence-corrected chi connectivity index (χ3v) is 1.91. The Bertz CT molecular complexity index is 535. The van der Waals surface area contributed by atoms with E-state index in [0.29, 0.717) is 11.1 Å². The standard InChI is InChI=1S/C9H8N2O.W.Y/c1-6-9-7(3-4-10-6)11(2)5-8(9)12;;/h3,5H,1-2H3;;/q-2;;/i5T;;. The maximum Gasteiger partial charge on any atom is 0.0752 e. The van der Waals surface area contributed by atoms with Gasteiger partial charge < -0.3 is 14.3 Å². The number of aromatic nitrogens is 2. The van der Waals surface area contributed by atoms with Crippen LogP contribution in [0.5, 0.6) is 0 Å². The van der Waals surface area contributed by atoms with Crippen LogP contribution >= 0.6 is 0 Å². The molecule has 2 aromatic rings. The fourth-order valence-corrected chi connectivity index (χ4v) is 1.32. The van der Waals surface area contributed by atoms with Crippen molar-refractivity contribution in [2.24, 2.45) is 7.05 Å². The van der Waals surface area contributed by atoms with Crippen LogP contribution in [0.2, 0.25) is 0 Å². The number of aryl methyl sites for hydroxylation is 2. The SMILES string of the molecule is [3H][c-]1c(=O)c2c(C)n[c-]cc2n1C.[W].[Y]. The van der Waals surface area contributed by atoms with E-state index in [2.05, 4.69) is 11.2 Å². The molecule has 0 amide bonds. The normalized spacial score (nSPS) is 10.3. The van der Waals surface area contributed by atoms with Gasteiger partial charge in [0.05, 0.1) is 5.43 Å². The van der Waals surface area contributed by atoms with E-state index in [1.165, 1.54) is 0 Å². The maximum absolute atomic E-state index is 11.5. The minimum absolute atomic E-state index is 0. The van der Waals surface area contributed by atoms with Crippen molar-refractivity contribution < 1.29 is 55.1 Å². The molecule has 14 heavy (non-hydrogen) atoms. The molecule has 0 atom stereocenters. The van der Waals surface area contributed by atoms with E-state index >= 15 is 0 Å². The largest absolute Gasteiger partial charge is 0.463 e. The van der Waals surface area contributed by atoms with Gasteiger partial charge in [-0.3, -0.25) is 0 Å². The Hall–Kier alpha value is 0.282. The molecular weight excluding hydrogens is 425 g/mol. The average molecular weight is 435 g/mol. The molecule has 0 saturated heterocycles. The summed E-state index contributed by atoms with van der Waals surface area (Å²) in [5.41, 5.74) is 1.11. The zero-order valence-electron chi connectivity index (χ0n) is 8.87. The number of hydrogen-bond donors (Lipinski definition) is 0. The van der Waals surface area contributed by atoms with Crippen LogP contribution in [0.1, 0.15) is 7.06 Å². The van der Waals surface area contributed by atoms with Gasteiger partial charge in [-0.05, 0) is 8.42 Å². The molecule has 1 radical (unpaired) electrons. The summed E-state index contributed by atoms with van der Waals surface area (Å²) in [4.78, 5) is 15.4. The van der Waals surface area contributed by atoms with E-state index in [1.807, 2.05) is 0 Å². The maximum atomic E-state index is 11.5. The van der Waals surface area contributed by atoms with Crippen molar-refractivity contribution in [1.82, 2.24) is 9.55 Å². The minimum atomic E-state index is -0.253. The molecule has 5 heteroatoms. The van der Waals surface area contributed by atoms with E-state index in [9.17, 15) is 4.79 Å². The molecule has 0 aliphatic heterocycles. The Kier molecular flexibility index (Phi) is 4.75. The molecule has 0 aromatic carbocycles. The molecule has 0 aliphatic carbocycles. The second-order valence-corrected chi connectivity index (χ2v) is 2.73. The number of pyridine rings is 1. The van der Waals surface area contributed by atoms with Crippen molar-refractivity contribution in [1.29, 1.82) is 0 Å². The molecule has 0 saturated carbocycles. The van der Waals surface area contributed by atoms with Gasteiger partial charge in [0.25, 0.3) is 0 Å². The number of nitrogens with zero attached hydrogens (tertiary/aromatic N) is 2. The Morgan fingerprint density at radius 3 is 2.93 bits per heavy atom. The van der Waals surface area contributed by atoms with Crippen molar-refractivity contribution in [3.05, 3.63) is 34.4 Å². The van der Waals surface area contributed by atoms with E-state index in [1.54, 1.807) is 24.6 Å². The summed E-state index contributed by atoms with van der Waals surface area (Å²) in [6.45, 7) is 1.75. The molecule has 2 aromatic heterocycles. The fraction of sp³-hybridized carbons (Fsp3) is 0.222. The quantitative estimate of drug-likeness (QED) is 0.574. The van der Waals surface area contributed by atoms with Gasteiger partial charge in [0, 0.05) is 53.8 Å². The van der Waals surface area contributed by atoms with Crippen LogP contribution in [-0.4, -0.2) is 9.55 Å². The van der Waals surface area contributed by atoms with Crippen molar-refractivity contribution in [2.75, 3.05) is 0 Å². The van der Waals surface area contributed by atoms with Crippen LogP contribution in [0.25, 0.3) is 10.9 Å². The summed E-state index contributed by atoms with van der Waals surface area (Å²) in [5, 5.41) is 0.534. The van der Waals surface area contributed by atoms with E-state index in [-0.39, 0.29) is 65.4 Å². The summed E-state index contributed by atoms with van der Waals surface area (Å²) >= 11 is 0. The summed E-state index contributed by atoms with van der Waals surface area (Å²) in [6.07, 6.45) is 2.69. The minimum Gasteiger partial charge on any atom is -0.463 e. The molecule has 0 bridgehead atoms. The van der Waals surface area contributed by atoms with E-state index < -0.39 is 0 Å². The van der Waals surface area contributed by atoms with Gasteiger partial charge in [-0.15, -0.1) is 22.7 Å². The number of fused-ring (bicyclic) bond motifs is 1. The third kappa shape index (κ3) is 2.26. The van der Waals surface area contributed by atoms with Crippen LogP contribution in [0, 0.1) is 13.1 Å². The number of rotatable bonds is 0. The van der Waals surface area contributed by atoms with Crippen LogP contribution in [-0.2, 0) is 60.8 Å². The first-order chi connectivity index (χ1) is 6.13. The molecule has 0 N–H and O–H groups in total. The van der Waals surface area contributed by atoms with E-state index in [4.69, 9.17) is 1.37 Å². The first-order valence-electron chi connectivity index (χ1n) is 4.12. The van der Waals surface area contributed by atoms with Gasteiger partial charge in [0.2, 0.25) is 0 Å². The Morgan fingerprint density at radius 2 is 2.36 bits per heavy atom. The molecule has 0 spiro atoms. The Labute approximate surface area is 123 Å². The molecule has 0 fully saturated rings. The van der Waals surface area contributed by atoms with Gasteiger partial charge in [0.1, 0.15) is 0 Å². The van der Waals surface area contributed by atoms with Gasteiger partial charge in [0.15, 0.2) is 0 Å². The van der Waals surface area contributed by atoms with Crippen molar-refractivity contribution in [3.63, 3.8) is 0 Å². The monoisotopic (exact) mass is 435 g/mol. The van der Waals surface area contributed by atoms with Crippen LogP contribution < -0.4 is 5.43 Å². The fourth-order valence-electron chi connectivity index (χ4n) is 1.32. The van der Waals surface area contributed by atoms with Crippen LogP contribution in [0.4, 0.5) is 0 Å². The predicted octanol–water partition coefficient (Wildman–Crippen LogP) is 0.756. The Balaban J connectivity index is 0.000000980. The molecular formula is C9H8N2OWY-2. The van der Waals surface area contributed by atoms with Gasteiger partial charge in [-0.1, -0.05) is 19.3 Å². The topological polar surface area (TPSA) is 34.9 Å². The molecule has 0 aliphatic rings. The smallest absolute Gasteiger partial charge is 0.0752 e. The zero-order valence-corrected chi connectivity index (χ0v) is 13.6. The number of hydrogen-bond acceptors (Lipinski definition) is 2. The van der Waals surface area contributed by atoms with Crippen molar-refractivity contribution in [2.45, 2.75) is 6.92 Å². The van der Waals surface area contributed by atoms with Gasteiger partial charge in [-0.2, -0.15) is 0 Å². The molecule has 0 unspecified atom stereocenters. The molecule has 71 valence electrons. The third-order valence-electron chi connectivity index (χ3n) is 1.91.